The normalized spacial score (nSPS) is 14.7. The van der Waals surface area contributed by atoms with E-state index < -0.39 is 0 Å². The van der Waals surface area contributed by atoms with Gasteiger partial charge in [0.15, 0.2) is 10.2 Å². The SMILES string of the molecule is COc1cnc(NC(=O)NCC2CC2)s1. The number of carbonyl (C=O) groups is 1. The third kappa shape index (κ3) is 3.09. The number of anilines is 1. The van der Waals surface area contributed by atoms with Crippen molar-refractivity contribution < 1.29 is 9.53 Å². The lowest BCUT2D eigenvalue weighted by atomic mass is 10.4. The Morgan fingerprint density at radius 2 is 2.53 bits per heavy atom. The van der Waals surface area contributed by atoms with Gasteiger partial charge in [0.2, 0.25) is 0 Å². The van der Waals surface area contributed by atoms with E-state index in [-0.39, 0.29) is 6.03 Å². The summed E-state index contributed by atoms with van der Waals surface area (Å²) in [5, 5.41) is 6.70. The number of nitrogens with zero attached hydrogens (tertiary/aromatic N) is 1. The number of carbonyl (C=O) groups excluding carboxylic acids is 1. The van der Waals surface area contributed by atoms with Crippen molar-refractivity contribution >= 4 is 22.5 Å². The van der Waals surface area contributed by atoms with E-state index in [9.17, 15) is 4.79 Å². The maximum Gasteiger partial charge on any atom is 0.321 e. The molecule has 1 fully saturated rings. The Morgan fingerprint density at radius 3 is 3.13 bits per heavy atom. The Labute approximate surface area is 91.9 Å². The van der Waals surface area contributed by atoms with Gasteiger partial charge in [0.05, 0.1) is 13.3 Å². The molecular formula is C9H13N3O2S. The molecule has 1 aliphatic rings. The number of hydrogen-bond donors (Lipinski definition) is 2. The minimum atomic E-state index is -0.195. The van der Waals surface area contributed by atoms with E-state index >= 15 is 0 Å². The van der Waals surface area contributed by atoms with E-state index in [1.54, 1.807) is 13.3 Å². The van der Waals surface area contributed by atoms with Gasteiger partial charge in [0.25, 0.3) is 0 Å². The molecule has 1 aromatic heterocycles. The Morgan fingerprint density at radius 1 is 1.73 bits per heavy atom. The summed E-state index contributed by atoms with van der Waals surface area (Å²) in [5.74, 6) is 0.682. The van der Waals surface area contributed by atoms with Crippen LogP contribution in [0.3, 0.4) is 0 Å². The topological polar surface area (TPSA) is 63.2 Å². The molecule has 0 saturated heterocycles. The second-order valence-electron chi connectivity index (χ2n) is 3.47. The van der Waals surface area contributed by atoms with Crippen LogP contribution >= 0.6 is 11.3 Å². The summed E-state index contributed by atoms with van der Waals surface area (Å²) in [6, 6.07) is -0.195. The molecule has 1 aromatic rings. The molecule has 0 aliphatic heterocycles. The van der Waals surface area contributed by atoms with Gasteiger partial charge < -0.3 is 10.1 Å². The van der Waals surface area contributed by atoms with Gasteiger partial charge in [-0.05, 0) is 18.8 Å². The standard InChI is InChI=1S/C9H13N3O2S/c1-14-7-5-11-9(15-7)12-8(13)10-4-6-2-3-6/h5-6H,2-4H2,1H3,(H2,10,11,12,13). The molecule has 6 heteroatoms. The molecule has 82 valence electrons. The molecule has 2 N–H and O–H groups in total. The zero-order valence-corrected chi connectivity index (χ0v) is 9.26. The summed E-state index contributed by atoms with van der Waals surface area (Å²) in [6.07, 6.45) is 4.04. The molecule has 2 rings (SSSR count). The van der Waals surface area contributed by atoms with Crippen LogP contribution in [0.15, 0.2) is 6.20 Å². The first kappa shape index (κ1) is 10.2. The van der Waals surface area contributed by atoms with E-state index in [1.807, 2.05) is 0 Å². The molecule has 1 heterocycles. The zero-order chi connectivity index (χ0) is 10.7. The molecule has 0 atom stereocenters. The van der Waals surface area contributed by atoms with Crippen LogP contribution in [0.1, 0.15) is 12.8 Å². The van der Waals surface area contributed by atoms with E-state index in [0.29, 0.717) is 16.1 Å². The zero-order valence-electron chi connectivity index (χ0n) is 8.45. The number of urea groups is 1. The fraction of sp³-hybridized carbons (Fsp3) is 0.556. The summed E-state index contributed by atoms with van der Waals surface area (Å²) in [4.78, 5) is 15.3. The van der Waals surface area contributed by atoms with E-state index in [1.165, 1.54) is 24.2 Å². The Bertz CT molecular complexity index is 349. The Balaban J connectivity index is 1.76. The predicted molar refractivity (Wildman–Crippen MR) is 58.4 cm³/mol. The summed E-state index contributed by atoms with van der Waals surface area (Å²) >= 11 is 1.31. The van der Waals surface area contributed by atoms with Gasteiger partial charge in [0.1, 0.15) is 0 Å². The highest BCUT2D eigenvalue weighted by molar-refractivity contribution is 7.17. The van der Waals surface area contributed by atoms with Crippen LogP contribution in [0.4, 0.5) is 9.93 Å². The van der Waals surface area contributed by atoms with E-state index in [0.717, 1.165) is 6.54 Å². The van der Waals surface area contributed by atoms with Crippen molar-refractivity contribution in [2.24, 2.45) is 5.92 Å². The van der Waals surface area contributed by atoms with Gasteiger partial charge in [0, 0.05) is 6.54 Å². The Hall–Kier alpha value is -1.30. The highest BCUT2D eigenvalue weighted by Crippen LogP contribution is 2.28. The number of rotatable bonds is 4. The quantitative estimate of drug-likeness (QED) is 0.822. The number of hydrogen-bond acceptors (Lipinski definition) is 4. The lowest BCUT2D eigenvalue weighted by molar-refractivity contribution is 0.251. The van der Waals surface area contributed by atoms with Gasteiger partial charge in [-0.1, -0.05) is 11.3 Å². The van der Waals surface area contributed by atoms with Crippen LogP contribution in [0.25, 0.3) is 0 Å². The molecule has 0 spiro atoms. The molecule has 0 aromatic carbocycles. The van der Waals surface area contributed by atoms with Crippen LogP contribution in [0.5, 0.6) is 5.06 Å². The second kappa shape index (κ2) is 4.48. The molecule has 2 amide bonds. The van der Waals surface area contributed by atoms with Crippen molar-refractivity contribution in [3.63, 3.8) is 0 Å². The number of aromatic nitrogens is 1. The minimum Gasteiger partial charge on any atom is -0.486 e. The van der Waals surface area contributed by atoms with Gasteiger partial charge in [-0.15, -0.1) is 0 Å². The second-order valence-corrected chi connectivity index (χ2v) is 4.46. The monoisotopic (exact) mass is 227 g/mol. The smallest absolute Gasteiger partial charge is 0.321 e. The highest BCUT2D eigenvalue weighted by atomic mass is 32.1. The van der Waals surface area contributed by atoms with Crippen molar-refractivity contribution in [1.82, 2.24) is 10.3 Å². The van der Waals surface area contributed by atoms with Gasteiger partial charge in [-0.2, -0.15) is 0 Å². The number of thiazole rings is 1. The molecule has 0 bridgehead atoms. The largest absolute Gasteiger partial charge is 0.486 e. The molecule has 5 nitrogen and oxygen atoms in total. The summed E-state index contributed by atoms with van der Waals surface area (Å²) in [5.41, 5.74) is 0. The Kier molecular flexibility index (Phi) is 3.05. The van der Waals surface area contributed by atoms with Crippen LogP contribution in [-0.2, 0) is 0 Å². The highest BCUT2D eigenvalue weighted by Gasteiger charge is 2.21. The molecule has 1 saturated carbocycles. The van der Waals surface area contributed by atoms with Crippen LogP contribution in [0.2, 0.25) is 0 Å². The minimum absolute atomic E-state index is 0.195. The molecule has 0 unspecified atom stereocenters. The average molecular weight is 227 g/mol. The molecular weight excluding hydrogens is 214 g/mol. The predicted octanol–water partition coefficient (Wildman–Crippen LogP) is 1.68. The van der Waals surface area contributed by atoms with Crippen LogP contribution in [-0.4, -0.2) is 24.7 Å². The third-order valence-electron chi connectivity index (χ3n) is 2.15. The fourth-order valence-electron chi connectivity index (χ4n) is 1.11. The molecule has 0 radical (unpaired) electrons. The first-order valence-electron chi connectivity index (χ1n) is 4.82. The number of ether oxygens (including phenoxy) is 1. The van der Waals surface area contributed by atoms with Gasteiger partial charge >= 0.3 is 6.03 Å². The van der Waals surface area contributed by atoms with Crippen molar-refractivity contribution in [3.8, 4) is 5.06 Å². The summed E-state index contributed by atoms with van der Waals surface area (Å²) in [6.45, 7) is 0.758. The average Bonchev–Trinajstić information content (AvgIpc) is 2.96. The van der Waals surface area contributed by atoms with Gasteiger partial charge in [-0.25, -0.2) is 9.78 Å². The number of nitrogens with one attached hydrogen (secondary N) is 2. The first-order chi connectivity index (χ1) is 7.28. The van der Waals surface area contributed by atoms with Crippen LogP contribution < -0.4 is 15.4 Å². The third-order valence-corrected chi connectivity index (χ3v) is 3.03. The summed E-state index contributed by atoms with van der Waals surface area (Å²) < 4.78 is 4.97. The molecule has 15 heavy (non-hydrogen) atoms. The first-order valence-corrected chi connectivity index (χ1v) is 5.64. The maximum atomic E-state index is 11.3. The van der Waals surface area contributed by atoms with E-state index in [4.69, 9.17) is 4.74 Å². The lowest BCUT2D eigenvalue weighted by Gasteiger charge is -2.03. The number of methoxy groups -OCH3 is 1. The maximum absolute atomic E-state index is 11.3. The summed E-state index contributed by atoms with van der Waals surface area (Å²) in [7, 11) is 1.57. The number of amides is 2. The van der Waals surface area contributed by atoms with Crippen molar-refractivity contribution in [1.29, 1.82) is 0 Å². The van der Waals surface area contributed by atoms with Gasteiger partial charge in [-0.3, -0.25) is 5.32 Å². The van der Waals surface area contributed by atoms with Crippen LogP contribution in [0, 0.1) is 5.92 Å². The van der Waals surface area contributed by atoms with Crippen molar-refractivity contribution in [2.45, 2.75) is 12.8 Å². The van der Waals surface area contributed by atoms with Crippen molar-refractivity contribution in [2.75, 3.05) is 19.0 Å². The fourth-order valence-corrected chi connectivity index (χ4v) is 1.74. The lowest BCUT2D eigenvalue weighted by Crippen LogP contribution is -2.30. The van der Waals surface area contributed by atoms with Crippen molar-refractivity contribution in [3.05, 3.63) is 6.20 Å². The van der Waals surface area contributed by atoms with E-state index in [2.05, 4.69) is 15.6 Å². The molecule has 1 aliphatic carbocycles.